The Balaban J connectivity index is 3.20. The van der Waals surface area contributed by atoms with Gasteiger partial charge < -0.3 is 15.6 Å². The fraction of sp³-hybridized carbons (Fsp3) is 0.667. The highest BCUT2D eigenvalue weighted by Gasteiger charge is 2.17. The van der Waals surface area contributed by atoms with Crippen LogP contribution in [0.3, 0.4) is 0 Å². The molecule has 1 unspecified atom stereocenters. The number of ether oxygens (including phenoxy) is 1. The first-order chi connectivity index (χ1) is 6.65. The van der Waals surface area contributed by atoms with Crippen molar-refractivity contribution in [3.8, 4) is 6.01 Å². The molecule has 1 aromatic rings. The van der Waals surface area contributed by atoms with Gasteiger partial charge in [-0.05, 0) is 13.3 Å². The van der Waals surface area contributed by atoms with Crippen molar-refractivity contribution < 1.29 is 9.84 Å². The fourth-order valence-electron chi connectivity index (χ4n) is 1.41. The van der Waals surface area contributed by atoms with Crippen molar-refractivity contribution in [2.45, 2.75) is 33.0 Å². The number of aryl methyl sites for hydroxylation is 1. The number of aliphatic hydroxyl groups excluding tert-OH is 1. The summed E-state index contributed by atoms with van der Waals surface area (Å²) in [4.78, 5) is 4.17. The lowest BCUT2D eigenvalue weighted by molar-refractivity contribution is 0.256. The van der Waals surface area contributed by atoms with E-state index in [9.17, 15) is 5.11 Å². The number of hydrogen-bond donors (Lipinski definition) is 2. The largest absolute Gasteiger partial charge is 0.468 e. The van der Waals surface area contributed by atoms with Gasteiger partial charge in [0.25, 0.3) is 6.01 Å². The second kappa shape index (κ2) is 4.43. The second-order valence-corrected chi connectivity index (χ2v) is 3.13. The Labute approximate surface area is 83.5 Å². The number of nitrogens with two attached hydrogens (primary N) is 1. The summed E-state index contributed by atoms with van der Waals surface area (Å²) < 4.78 is 6.82. The number of aromatic nitrogens is 2. The molecular formula is C9H17N3O2. The Bertz CT molecular complexity index is 309. The summed E-state index contributed by atoms with van der Waals surface area (Å²) >= 11 is 0. The summed E-state index contributed by atoms with van der Waals surface area (Å²) in [5.41, 5.74) is 7.37. The lowest BCUT2D eigenvalue weighted by Gasteiger charge is -2.15. The van der Waals surface area contributed by atoms with E-state index < -0.39 is 0 Å². The molecule has 1 atom stereocenters. The zero-order valence-electron chi connectivity index (χ0n) is 8.82. The third-order valence-corrected chi connectivity index (χ3v) is 2.26. The quantitative estimate of drug-likeness (QED) is 0.743. The Morgan fingerprint density at radius 3 is 2.71 bits per heavy atom. The van der Waals surface area contributed by atoms with Gasteiger partial charge in [0, 0.05) is 0 Å². The minimum Gasteiger partial charge on any atom is -0.468 e. The first-order valence-electron chi connectivity index (χ1n) is 4.63. The van der Waals surface area contributed by atoms with Crippen molar-refractivity contribution >= 4 is 0 Å². The van der Waals surface area contributed by atoms with Gasteiger partial charge in [-0.2, -0.15) is 0 Å². The molecule has 5 nitrogen and oxygen atoms in total. The summed E-state index contributed by atoms with van der Waals surface area (Å²) in [5, 5.41) is 9.18. The smallest absolute Gasteiger partial charge is 0.297 e. The number of aliphatic hydroxyl groups is 1. The van der Waals surface area contributed by atoms with Crippen LogP contribution in [0.25, 0.3) is 0 Å². The zero-order chi connectivity index (χ0) is 10.7. The summed E-state index contributed by atoms with van der Waals surface area (Å²) in [6.45, 7) is 3.73. The van der Waals surface area contributed by atoms with Gasteiger partial charge in [0.05, 0.1) is 31.3 Å². The van der Waals surface area contributed by atoms with Crippen molar-refractivity contribution in [1.29, 1.82) is 0 Å². The first-order valence-corrected chi connectivity index (χ1v) is 4.63. The molecular weight excluding hydrogens is 182 g/mol. The van der Waals surface area contributed by atoms with Crippen LogP contribution in [0.4, 0.5) is 0 Å². The SMILES string of the molecule is CCC(N)n1c(OC)nc(C)c1CO. The van der Waals surface area contributed by atoms with E-state index in [0.29, 0.717) is 6.01 Å². The molecule has 0 spiro atoms. The van der Waals surface area contributed by atoms with E-state index in [2.05, 4.69) is 4.98 Å². The summed E-state index contributed by atoms with van der Waals surface area (Å²) in [7, 11) is 1.54. The van der Waals surface area contributed by atoms with Crippen LogP contribution in [-0.4, -0.2) is 21.8 Å². The normalized spacial score (nSPS) is 12.9. The highest BCUT2D eigenvalue weighted by molar-refractivity contribution is 5.19. The molecule has 1 aromatic heterocycles. The van der Waals surface area contributed by atoms with Gasteiger partial charge in [0.15, 0.2) is 0 Å². The van der Waals surface area contributed by atoms with Gasteiger partial charge in [0.1, 0.15) is 0 Å². The molecule has 0 radical (unpaired) electrons. The minimum absolute atomic E-state index is 0.0735. The van der Waals surface area contributed by atoms with Crippen molar-refractivity contribution in [3.05, 3.63) is 11.4 Å². The Morgan fingerprint density at radius 1 is 1.64 bits per heavy atom. The maximum Gasteiger partial charge on any atom is 0.297 e. The van der Waals surface area contributed by atoms with Gasteiger partial charge in [-0.25, -0.2) is 4.98 Å². The van der Waals surface area contributed by atoms with Crippen LogP contribution in [0.15, 0.2) is 0 Å². The second-order valence-electron chi connectivity index (χ2n) is 3.13. The standard InChI is InChI=1S/C9H17N3O2/c1-4-8(10)12-7(5-13)6(2)11-9(12)14-3/h8,13H,4-5,10H2,1-3H3. The van der Waals surface area contributed by atoms with Gasteiger partial charge in [0.2, 0.25) is 0 Å². The number of nitrogens with zero attached hydrogens (tertiary/aromatic N) is 2. The molecule has 0 aromatic carbocycles. The van der Waals surface area contributed by atoms with E-state index >= 15 is 0 Å². The van der Waals surface area contributed by atoms with Gasteiger partial charge in [-0.3, -0.25) is 4.57 Å². The van der Waals surface area contributed by atoms with Crippen LogP contribution < -0.4 is 10.5 Å². The molecule has 0 aliphatic heterocycles. The third kappa shape index (κ3) is 1.73. The van der Waals surface area contributed by atoms with Crippen molar-refractivity contribution in [1.82, 2.24) is 9.55 Å². The van der Waals surface area contributed by atoms with Crippen LogP contribution in [0, 0.1) is 6.92 Å². The molecule has 80 valence electrons. The number of rotatable bonds is 4. The van der Waals surface area contributed by atoms with E-state index in [1.807, 2.05) is 13.8 Å². The van der Waals surface area contributed by atoms with E-state index in [0.717, 1.165) is 17.8 Å². The Morgan fingerprint density at radius 2 is 2.29 bits per heavy atom. The number of imidazole rings is 1. The number of hydrogen-bond acceptors (Lipinski definition) is 4. The highest BCUT2D eigenvalue weighted by atomic mass is 16.5. The lowest BCUT2D eigenvalue weighted by Crippen LogP contribution is -2.20. The average Bonchev–Trinajstić information content (AvgIpc) is 2.53. The van der Waals surface area contributed by atoms with Crippen LogP contribution in [0.5, 0.6) is 6.01 Å². The van der Waals surface area contributed by atoms with E-state index in [1.54, 1.807) is 11.7 Å². The predicted molar refractivity (Wildman–Crippen MR) is 53.0 cm³/mol. The summed E-state index contributed by atoms with van der Waals surface area (Å²) in [6.07, 6.45) is 0.562. The topological polar surface area (TPSA) is 73.3 Å². The van der Waals surface area contributed by atoms with Crippen molar-refractivity contribution in [2.24, 2.45) is 5.73 Å². The van der Waals surface area contributed by atoms with Crippen molar-refractivity contribution in [3.63, 3.8) is 0 Å². The molecule has 14 heavy (non-hydrogen) atoms. The molecule has 0 amide bonds. The van der Waals surface area contributed by atoms with Crippen LogP contribution >= 0.6 is 0 Å². The molecule has 5 heteroatoms. The van der Waals surface area contributed by atoms with Gasteiger partial charge in [-0.15, -0.1) is 0 Å². The van der Waals surface area contributed by atoms with E-state index in [-0.39, 0.29) is 12.8 Å². The van der Waals surface area contributed by atoms with Gasteiger partial charge >= 0.3 is 0 Å². The maximum absolute atomic E-state index is 9.18. The molecule has 1 rings (SSSR count). The fourth-order valence-corrected chi connectivity index (χ4v) is 1.41. The zero-order valence-corrected chi connectivity index (χ0v) is 8.82. The Hall–Kier alpha value is -1.07. The number of methoxy groups -OCH3 is 1. The molecule has 3 N–H and O–H groups in total. The van der Waals surface area contributed by atoms with Crippen LogP contribution in [0.1, 0.15) is 30.9 Å². The monoisotopic (exact) mass is 199 g/mol. The molecule has 0 saturated heterocycles. The Kier molecular flexibility index (Phi) is 3.49. The molecule has 0 aliphatic rings. The van der Waals surface area contributed by atoms with Gasteiger partial charge in [-0.1, -0.05) is 6.92 Å². The lowest BCUT2D eigenvalue weighted by atomic mass is 10.3. The molecule has 0 bridgehead atoms. The van der Waals surface area contributed by atoms with Crippen molar-refractivity contribution in [2.75, 3.05) is 7.11 Å². The summed E-state index contributed by atoms with van der Waals surface area (Å²) in [6, 6.07) is 0.459. The molecule has 0 saturated carbocycles. The summed E-state index contributed by atoms with van der Waals surface area (Å²) in [5.74, 6) is 0. The molecule has 0 fully saturated rings. The highest BCUT2D eigenvalue weighted by Crippen LogP contribution is 2.22. The van der Waals surface area contributed by atoms with E-state index in [1.165, 1.54) is 0 Å². The predicted octanol–water partition coefficient (Wildman–Crippen LogP) is 0.560. The molecule has 0 aliphatic carbocycles. The third-order valence-electron chi connectivity index (χ3n) is 2.26. The van der Waals surface area contributed by atoms with Crippen LogP contribution in [-0.2, 0) is 6.61 Å². The molecule has 1 heterocycles. The van der Waals surface area contributed by atoms with Crippen LogP contribution in [0.2, 0.25) is 0 Å². The maximum atomic E-state index is 9.18. The first kappa shape index (κ1) is 11.0. The minimum atomic E-state index is -0.201. The van der Waals surface area contributed by atoms with E-state index in [4.69, 9.17) is 10.5 Å². The average molecular weight is 199 g/mol.